The highest BCUT2D eigenvalue weighted by molar-refractivity contribution is 7.99. The Balaban J connectivity index is 2.03. The zero-order valence-corrected chi connectivity index (χ0v) is 14.7. The van der Waals surface area contributed by atoms with Crippen molar-refractivity contribution in [3.05, 3.63) is 48.0 Å². The molecular formula is C18H19F3N2OS. The van der Waals surface area contributed by atoms with Crippen molar-refractivity contribution in [1.82, 2.24) is 4.90 Å². The summed E-state index contributed by atoms with van der Waals surface area (Å²) in [7, 11) is 3.69. The van der Waals surface area contributed by atoms with Crippen molar-refractivity contribution in [2.24, 2.45) is 0 Å². The molecule has 1 N–H and O–H groups in total. The maximum Gasteiger partial charge on any atom is 0.416 e. The summed E-state index contributed by atoms with van der Waals surface area (Å²) in [6.07, 6.45) is -5.08. The van der Waals surface area contributed by atoms with Crippen LogP contribution in [0.2, 0.25) is 0 Å². The van der Waals surface area contributed by atoms with Gasteiger partial charge < -0.3 is 14.9 Å². The van der Waals surface area contributed by atoms with Gasteiger partial charge in [0.15, 0.2) is 0 Å². The lowest BCUT2D eigenvalue weighted by Gasteiger charge is -2.35. The van der Waals surface area contributed by atoms with E-state index in [0.717, 1.165) is 21.5 Å². The normalized spacial score (nSPS) is 15.1. The predicted molar refractivity (Wildman–Crippen MR) is 93.6 cm³/mol. The van der Waals surface area contributed by atoms with Gasteiger partial charge in [-0.3, -0.25) is 0 Å². The van der Waals surface area contributed by atoms with Crippen LogP contribution in [-0.2, 0) is 6.18 Å². The first-order valence-corrected chi connectivity index (χ1v) is 8.66. The second-order valence-electron chi connectivity index (χ2n) is 6.28. The van der Waals surface area contributed by atoms with E-state index in [2.05, 4.69) is 0 Å². The number of para-hydroxylation sites is 1. The molecule has 0 bridgehead atoms. The number of aliphatic hydroxyl groups is 1. The molecule has 0 aromatic heterocycles. The summed E-state index contributed by atoms with van der Waals surface area (Å²) in [6, 6.07) is 11.3. The van der Waals surface area contributed by atoms with Gasteiger partial charge in [-0.15, -0.1) is 0 Å². The molecule has 1 heterocycles. The van der Waals surface area contributed by atoms with E-state index in [4.69, 9.17) is 0 Å². The number of benzene rings is 2. The highest BCUT2D eigenvalue weighted by Crippen LogP contribution is 2.49. The van der Waals surface area contributed by atoms with Crippen molar-refractivity contribution in [2.45, 2.75) is 22.1 Å². The van der Waals surface area contributed by atoms with Crippen LogP contribution in [0.15, 0.2) is 52.3 Å². The van der Waals surface area contributed by atoms with Crippen LogP contribution >= 0.6 is 11.8 Å². The number of aliphatic hydroxyl groups excluding tert-OH is 1. The summed E-state index contributed by atoms with van der Waals surface area (Å²) in [5, 5.41) is 10.3. The lowest BCUT2D eigenvalue weighted by atomic mass is 10.1. The number of β-amino-alcohol motifs (C(OH)–C–C–N with tert-alkyl or cyclic N) is 1. The van der Waals surface area contributed by atoms with Gasteiger partial charge >= 0.3 is 6.18 Å². The molecule has 1 atom stereocenters. The minimum atomic E-state index is -4.40. The molecule has 7 heteroatoms. The van der Waals surface area contributed by atoms with E-state index < -0.39 is 17.8 Å². The number of hydrogen-bond acceptors (Lipinski definition) is 4. The summed E-state index contributed by atoms with van der Waals surface area (Å²) in [5.41, 5.74) is 0.617. The van der Waals surface area contributed by atoms with E-state index in [1.54, 1.807) is 4.90 Å². The first kappa shape index (κ1) is 18.1. The van der Waals surface area contributed by atoms with E-state index in [0.29, 0.717) is 12.2 Å². The van der Waals surface area contributed by atoms with Gasteiger partial charge in [0.2, 0.25) is 0 Å². The third-order valence-electron chi connectivity index (χ3n) is 3.92. The van der Waals surface area contributed by atoms with Crippen molar-refractivity contribution in [2.75, 3.05) is 32.1 Å². The molecule has 0 saturated heterocycles. The maximum absolute atomic E-state index is 13.1. The highest BCUT2D eigenvalue weighted by Gasteiger charge is 2.33. The third kappa shape index (κ3) is 3.94. The molecule has 1 aliphatic heterocycles. The smallest absolute Gasteiger partial charge is 0.390 e. The second-order valence-corrected chi connectivity index (χ2v) is 7.36. The Bertz CT molecular complexity index is 764. The van der Waals surface area contributed by atoms with Gasteiger partial charge in [0.1, 0.15) is 0 Å². The molecule has 0 amide bonds. The van der Waals surface area contributed by atoms with Crippen molar-refractivity contribution in [1.29, 1.82) is 0 Å². The van der Waals surface area contributed by atoms with Crippen LogP contribution in [-0.4, -0.2) is 43.3 Å². The van der Waals surface area contributed by atoms with Gasteiger partial charge in [0.05, 0.1) is 29.6 Å². The Morgan fingerprint density at radius 3 is 2.44 bits per heavy atom. The molecule has 1 aliphatic rings. The van der Waals surface area contributed by atoms with Crippen LogP contribution in [0.4, 0.5) is 24.5 Å². The van der Waals surface area contributed by atoms with E-state index in [-0.39, 0.29) is 6.54 Å². The number of halogens is 3. The van der Waals surface area contributed by atoms with Gasteiger partial charge in [-0.05, 0) is 44.4 Å². The first-order valence-electron chi connectivity index (χ1n) is 7.84. The van der Waals surface area contributed by atoms with Gasteiger partial charge in [0, 0.05) is 16.3 Å². The second kappa shape index (κ2) is 6.90. The molecule has 25 heavy (non-hydrogen) atoms. The van der Waals surface area contributed by atoms with Gasteiger partial charge in [0.25, 0.3) is 0 Å². The van der Waals surface area contributed by atoms with Crippen molar-refractivity contribution in [3.8, 4) is 0 Å². The fraction of sp³-hybridized carbons (Fsp3) is 0.333. The Morgan fingerprint density at radius 1 is 1.08 bits per heavy atom. The van der Waals surface area contributed by atoms with Crippen LogP contribution in [0.25, 0.3) is 0 Å². The van der Waals surface area contributed by atoms with E-state index in [1.165, 1.54) is 23.9 Å². The first-order chi connectivity index (χ1) is 11.8. The number of nitrogens with zero attached hydrogens (tertiary/aromatic N) is 2. The Hall–Kier alpha value is -1.70. The molecule has 3 rings (SSSR count). The van der Waals surface area contributed by atoms with Crippen molar-refractivity contribution >= 4 is 23.1 Å². The van der Waals surface area contributed by atoms with Crippen LogP contribution < -0.4 is 4.90 Å². The average molecular weight is 368 g/mol. The number of alkyl halides is 3. The van der Waals surface area contributed by atoms with Crippen LogP contribution in [0.3, 0.4) is 0 Å². The fourth-order valence-corrected chi connectivity index (χ4v) is 3.97. The summed E-state index contributed by atoms with van der Waals surface area (Å²) >= 11 is 1.45. The van der Waals surface area contributed by atoms with Gasteiger partial charge in [-0.1, -0.05) is 23.9 Å². The molecule has 0 saturated carbocycles. The number of anilines is 2. The van der Waals surface area contributed by atoms with Gasteiger partial charge in [-0.2, -0.15) is 13.2 Å². The molecule has 2 aromatic carbocycles. The summed E-state index contributed by atoms with van der Waals surface area (Å²) < 4.78 is 39.4. The molecule has 0 radical (unpaired) electrons. The number of rotatable bonds is 4. The maximum atomic E-state index is 13.1. The van der Waals surface area contributed by atoms with E-state index >= 15 is 0 Å². The summed E-state index contributed by atoms with van der Waals surface area (Å²) in [4.78, 5) is 5.35. The minimum Gasteiger partial charge on any atom is -0.390 e. The number of likely N-dealkylation sites (N-methyl/N-ethyl adjacent to an activating group) is 1. The zero-order valence-electron chi connectivity index (χ0n) is 13.9. The zero-order chi connectivity index (χ0) is 18.2. The fourth-order valence-electron chi connectivity index (χ4n) is 2.89. The van der Waals surface area contributed by atoms with E-state index in [1.807, 2.05) is 43.3 Å². The quantitative estimate of drug-likeness (QED) is 0.874. The molecule has 3 nitrogen and oxygen atoms in total. The molecule has 134 valence electrons. The molecule has 0 fully saturated rings. The van der Waals surface area contributed by atoms with Gasteiger partial charge in [-0.25, -0.2) is 0 Å². The molecule has 0 spiro atoms. The third-order valence-corrected chi connectivity index (χ3v) is 5.05. The van der Waals surface area contributed by atoms with Crippen LogP contribution in [0, 0.1) is 0 Å². The lowest BCUT2D eigenvalue weighted by Crippen LogP contribution is -2.37. The summed E-state index contributed by atoms with van der Waals surface area (Å²) in [6.45, 7) is 0.657. The SMILES string of the molecule is CN(C)CC(O)CN1c2ccccc2Sc2ccc(C(F)(F)F)cc21. The van der Waals surface area contributed by atoms with Crippen molar-refractivity contribution in [3.63, 3.8) is 0 Å². The van der Waals surface area contributed by atoms with Crippen LogP contribution in [0.1, 0.15) is 5.56 Å². The molecule has 1 unspecified atom stereocenters. The average Bonchev–Trinajstić information content (AvgIpc) is 2.52. The Labute approximate surface area is 149 Å². The van der Waals surface area contributed by atoms with E-state index in [9.17, 15) is 18.3 Å². The molecule has 2 aromatic rings. The largest absolute Gasteiger partial charge is 0.416 e. The standard InChI is InChI=1S/C18H19F3N2OS/c1-22(2)10-13(24)11-23-14-5-3-4-6-16(14)25-17-8-7-12(9-15(17)23)18(19,20)21/h3-9,13,24H,10-11H2,1-2H3. The minimum absolute atomic E-state index is 0.226. The topological polar surface area (TPSA) is 26.7 Å². The molecule has 0 aliphatic carbocycles. The number of fused-ring (bicyclic) bond motifs is 2. The molecular weight excluding hydrogens is 349 g/mol. The Morgan fingerprint density at radius 2 is 1.76 bits per heavy atom. The van der Waals surface area contributed by atoms with Crippen molar-refractivity contribution < 1.29 is 18.3 Å². The Kier molecular flexibility index (Phi) is 4.99. The summed E-state index contributed by atoms with van der Waals surface area (Å²) in [5.74, 6) is 0. The number of hydrogen-bond donors (Lipinski definition) is 1. The monoisotopic (exact) mass is 368 g/mol. The van der Waals surface area contributed by atoms with Crippen LogP contribution in [0.5, 0.6) is 0 Å². The highest BCUT2D eigenvalue weighted by atomic mass is 32.2. The predicted octanol–water partition coefficient (Wildman–Crippen LogP) is 4.23. The lowest BCUT2D eigenvalue weighted by molar-refractivity contribution is -0.137.